The number of aliphatic hydroxyl groups excluding tert-OH is 1. The normalized spacial score (nSPS) is 30.6. The summed E-state index contributed by atoms with van der Waals surface area (Å²) in [5.41, 5.74) is -0.593. The minimum absolute atomic E-state index is 0.0575. The number of rotatable bonds is 5. The monoisotopic (exact) mass is 248 g/mol. The summed E-state index contributed by atoms with van der Waals surface area (Å²) >= 11 is 0. The van der Waals surface area contributed by atoms with Gasteiger partial charge < -0.3 is 9.84 Å². The molecular weight excluding hydrogens is 223 g/mol. The van der Waals surface area contributed by atoms with Crippen LogP contribution >= 0.6 is 0 Å². The second-order valence-corrected chi connectivity index (χ2v) is 5.76. The van der Waals surface area contributed by atoms with Crippen LogP contribution in [0.5, 0.6) is 0 Å². The summed E-state index contributed by atoms with van der Waals surface area (Å²) in [5.74, 6) is 6.83. The number of hydrogen-bond acceptors (Lipinski definition) is 2. The Balaban J connectivity index is 2.22. The van der Waals surface area contributed by atoms with Gasteiger partial charge in [0.05, 0.1) is 6.61 Å². The van der Waals surface area contributed by atoms with E-state index in [2.05, 4.69) is 25.7 Å². The predicted molar refractivity (Wildman–Crippen MR) is 75.3 cm³/mol. The summed E-state index contributed by atoms with van der Waals surface area (Å²) in [6, 6.07) is 0. The van der Waals surface area contributed by atoms with E-state index in [0.717, 1.165) is 18.8 Å². The lowest BCUT2D eigenvalue weighted by molar-refractivity contribution is 0.0776. The maximum Gasteiger partial charge on any atom is 0.119 e. The molecule has 0 aromatic rings. The fraction of sp³-hybridized carbons (Fsp3) is 0.867. The van der Waals surface area contributed by atoms with Gasteiger partial charge in [0.15, 0.2) is 0 Å². The van der Waals surface area contributed by atoms with Gasteiger partial charge in [0.2, 0.25) is 0 Å². The highest BCUT2D eigenvalue weighted by Crippen LogP contribution is 2.28. The molecule has 1 saturated heterocycles. The standard InChI is InChI=1S/C15H25BO2/c1-4-12(2)8-6-5-7-9-14(17)13-10-15(3,16)18-11-13/h12-14,17H,4-6,8,10-11H2,1-3H3/t12?,13-,14+,15?/m0/s1. The third kappa shape index (κ3) is 5.46. The van der Waals surface area contributed by atoms with Crippen molar-refractivity contribution >= 4 is 7.85 Å². The summed E-state index contributed by atoms with van der Waals surface area (Å²) in [6.07, 6.45) is 4.51. The van der Waals surface area contributed by atoms with Gasteiger partial charge in [-0.1, -0.05) is 26.2 Å². The van der Waals surface area contributed by atoms with Crippen LogP contribution in [0.1, 0.15) is 52.9 Å². The average molecular weight is 248 g/mol. The van der Waals surface area contributed by atoms with Crippen LogP contribution < -0.4 is 0 Å². The molecule has 1 aliphatic heterocycles. The van der Waals surface area contributed by atoms with Crippen molar-refractivity contribution in [3.05, 3.63) is 0 Å². The molecule has 18 heavy (non-hydrogen) atoms. The van der Waals surface area contributed by atoms with Crippen molar-refractivity contribution in [1.82, 2.24) is 0 Å². The van der Waals surface area contributed by atoms with Crippen LogP contribution in [0.3, 0.4) is 0 Å². The molecule has 2 unspecified atom stereocenters. The van der Waals surface area contributed by atoms with Crippen LogP contribution in [0.2, 0.25) is 0 Å². The fourth-order valence-electron chi connectivity index (χ4n) is 2.18. The molecule has 0 aromatic carbocycles. The molecule has 2 nitrogen and oxygen atoms in total. The van der Waals surface area contributed by atoms with Crippen molar-refractivity contribution in [2.45, 2.75) is 64.5 Å². The van der Waals surface area contributed by atoms with Crippen LogP contribution in [-0.4, -0.2) is 31.2 Å². The van der Waals surface area contributed by atoms with Crippen molar-refractivity contribution < 1.29 is 9.84 Å². The Morgan fingerprint density at radius 3 is 2.83 bits per heavy atom. The van der Waals surface area contributed by atoms with Gasteiger partial charge in [-0.3, -0.25) is 0 Å². The number of unbranched alkanes of at least 4 members (excludes halogenated alkanes) is 1. The van der Waals surface area contributed by atoms with E-state index in [0.29, 0.717) is 13.0 Å². The summed E-state index contributed by atoms with van der Waals surface area (Å²) < 4.78 is 5.40. The highest BCUT2D eigenvalue weighted by atomic mass is 16.5. The first kappa shape index (κ1) is 15.6. The number of ether oxygens (including phenoxy) is 1. The average Bonchev–Trinajstić information content (AvgIpc) is 2.68. The largest absolute Gasteiger partial charge is 0.385 e. The third-order valence-electron chi connectivity index (χ3n) is 3.69. The smallest absolute Gasteiger partial charge is 0.119 e. The second-order valence-electron chi connectivity index (χ2n) is 5.76. The van der Waals surface area contributed by atoms with Gasteiger partial charge in [-0.25, -0.2) is 0 Å². The van der Waals surface area contributed by atoms with Crippen LogP contribution in [0.25, 0.3) is 0 Å². The van der Waals surface area contributed by atoms with Gasteiger partial charge in [-0.15, -0.1) is 5.92 Å². The van der Waals surface area contributed by atoms with Gasteiger partial charge in [0.25, 0.3) is 0 Å². The molecule has 0 bridgehead atoms. The van der Waals surface area contributed by atoms with Gasteiger partial charge in [0, 0.05) is 17.8 Å². The molecule has 0 amide bonds. The molecule has 4 atom stereocenters. The number of aliphatic hydroxyl groups is 1. The highest BCUT2D eigenvalue weighted by molar-refractivity contribution is 6.14. The van der Waals surface area contributed by atoms with Crippen LogP contribution in [0, 0.1) is 23.7 Å². The summed E-state index contributed by atoms with van der Waals surface area (Å²) in [7, 11) is 5.85. The molecule has 0 aromatic heterocycles. The zero-order valence-corrected chi connectivity index (χ0v) is 11.9. The van der Waals surface area contributed by atoms with Crippen LogP contribution in [0.4, 0.5) is 0 Å². The van der Waals surface area contributed by atoms with Gasteiger partial charge >= 0.3 is 0 Å². The van der Waals surface area contributed by atoms with E-state index in [4.69, 9.17) is 12.6 Å². The van der Waals surface area contributed by atoms with Crippen LogP contribution in [-0.2, 0) is 4.74 Å². The molecule has 1 fully saturated rings. The Morgan fingerprint density at radius 1 is 1.56 bits per heavy atom. The molecule has 0 spiro atoms. The lowest BCUT2D eigenvalue weighted by Gasteiger charge is -2.16. The molecule has 3 heteroatoms. The maximum atomic E-state index is 9.93. The Bertz CT molecular complexity index is 303. The summed E-state index contributed by atoms with van der Waals surface area (Å²) in [6.45, 7) is 6.83. The van der Waals surface area contributed by atoms with E-state index in [9.17, 15) is 5.11 Å². The quantitative estimate of drug-likeness (QED) is 0.460. The fourth-order valence-corrected chi connectivity index (χ4v) is 2.18. The van der Waals surface area contributed by atoms with E-state index < -0.39 is 11.6 Å². The molecule has 2 radical (unpaired) electrons. The molecule has 0 saturated carbocycles. The Labute approximate surface area is 113 Å². The minimum atomic E-state index is -0.598. The molecule has 1 aliphatic rings. The van der Waals surface area contributed by atoms with Crippen molar-refractivity contribution in [3.63, 3.8) is 0 Å². The predicted octanol–water partition coefficient (Wildman–Crippen LogP) is 2.49. The lowest BCUT2D eigenvalue weighted by Crippen LogP contribution is -2.24. The van der Waals surface area contributed by atoms with Crippen molar-refractivity contribution in [1.29, 1.82) is 0 Å². The first-order valence-corrected chi connectivity index (χ1v) is 7.04. The first-order valence-electron chi connectivity index (χ1n) is 7.04. The van der Waals surface area contributed by atoms with Gasteiger partial charge in [-0.05, 0) is 32.1 Å². The topological polar surface area (TPSA) is 29.5 Å². The van der Waals surface area contributed by atoms with E-state index in [1.807, 2.05) is 6.92 Å². The van der Waals surface area contributed by atoms with Crippen molar-refractivity contribution in [2.24, 2.45) is 11.8 Å². The van der Waals surface area contributed by atoms with Gasteiger partial charge in [-0.2, -0.15) is 0 Å². The SMILES string of the molecule is [B]C1(C)C[C@H]([C@H](O)C#CCCCC(C)CC)CO1. The molecule has 1 rings (SSSR count). The van der Waals surface area contributed by atoms with E-state index in [1.165, 1.54) is 12.8 Å². The molecule has 1 heterocycles. The second kappa shape index (κ2) is 7.21. The molecular formula is C15H25BO2. The molecule has 1 N–H and O–H groups in total. The first-order chi connectivity index (χ1) is 8.44. The number of hydrogen-bond donors (Lipinski definition) is 1. The van der Waals surface area contributed by atoms with Crippen molar-refractivity contribution in [3.8, 4) is 11.8 Å². The summed E-state index contributed by atoms with van der Waals surface area (Å²) in [5, 5.41) is 9.93. The summed E-state index contributed by atoms with van der Waals surface area (Å²) in [4.78, 5) is 0. The van der Waals surface area contributed by atoms with E-state index >= 15 is 0 Å². The Morgan fingerprint density at radius 2 is 2.28 bits per heavy atom. The zero-order valence-electron chi connectivity index (χ0n) is 11.9. The highest BCUT2D eigenvalue weighted by Gasteiger charge is 2.34. The lowest BCUT2D eigenvalue weighted by atomic mass is 9.78. The molecule has 100 valence electrons. The Hall–Kier alpha value is -0.455. The van der Waals surface area contributed by atoms with Gasteiger partial charge in [0.1, 0.15) is 14.0 Å². The maximum absolute atomic E-state index is 9.93. The molecule has 0 aliphatic carbocycles. The van der Waals surface area contributed by atoms with E-state index in [-0.39, 0.29) is 5.92 Å². The third-order valence-corrected chi connectivity index (χ3v) is 3.69. The van der Waals surface area contributed by atoms with Crippen LogP contribution in [0.15, 0.2) is 0 Å². The zero-order chi connectivity index (χ0) is 13.6. The minimum Gasteiger partial charge on any atom is -0.385 e. The van der Waals surface area contributed by atoms with E-state index in [1.54, 1.807) is 0 Å². The Kier molecular flexibility index (Phi) is 6.25. The van der Waals surface area contributed by atoms with Crippen molar-refractivity contribution in [2.75, 3.05) is 6.61 Å².